The van der Waals surface area contributed by atoms with Crippen LogP contribution in [-0.2, 0) is 4.74 Å². The van der Waals surface area contributed by atoms with Gasteiger partial charge in [-0.1, -0.05) is 23.7 Å². The van der Waals surface area contributed by atoms with E-state index in [1.54, 1.807) is 62.6 Å². The number of hydrogen-bond donors (Lipinski definition) is 1. The zero-order chi connectivity index (χ0) is 19.4. The van der Waals surface area contributed by atoms with Crippen LogP contribution in [0.4, 0.5) is 0 Å². The van der Waals surface area contributed by atoms with Gasteiger partial charge in [-0.25, -0.2) is 4.79 Å². The summed E-state index contributed by atoms with van der Waals surface area (Å²) in [6.07, 6.45) is 0. The summed E-state index contributed by atoms with van der Waals surface area (Å²) in [6, 6.07) is 13.6. The normalized spacial score (nSPS) is 10.5. The number of halogens is 1. The van der Waals surface area contributed by atoms with E-state index in [0.29, 0.717) is 21.9 Å². The lowest BCUT2D eigenvalue weighted by Gasteiger charge is -2.10. The first-order valence-corrected chi connectivity index (χ1v) is 8.63. The maximum Gasteiger partial charge on any atom is 0.357 e. The van der Waals surface area contributed by atoms with Gasteiger partial charge in [0.1, 0.15) is 11.4 Å². The van der Waals surface area contributed by atoms with Gasteiger partial charge in [0.05, 0.1) is 19.3 Å². The molecule has 7 heteroatoms. The quantitative estimate of drug-likeness (QED) is 0.674. The molecule has 0 aliphatic rings. The Hall–Kier alpha value is -3.12. The lowest BCUT2D eigenvalue weighted by atomic mass is 10.0. The third-order valence-electron chi connectivity index (χ3n) is 3.95. The highest BCUT2D eigenvalue weighted by Gasteiger charge is 2.22. The molecule has 1 N–H and O–H groups in total. The highest BCUT2D eigenvalue weighted by molar-refractivity contribution is 6.30. The van der Waals surface area contributed by atoms with Crippen molar-refractivity contribution in [1.29, 1.82) is 0 Å². The van der Waals surface area contributed by atoms with Crippen molar-refractivity contribution in [3.8, 4) is 28.1 Å². The zero-order valence-corrected chi connectivity index (χ0v) is 15.5. The number of carbonyl (C=O) groups excluding carboxylic acids is 1. The third kappa shape index (κ3) is 3.85. The van der Waals surface area contributed by atoms with Crippen LogP contribution in [0.15, 0.2) is 53.3 Å². The molecule has 138 valence electrons. The Bertz CT molecular complexity index is 1010. The van der Waals surface area contributed by atoms with Gasteiger partial charge in [-0.05, 0) is 48.9 Å². The van der Waals surface area contributed by atoms with Gasteiger partial charge in [0.2, 0.25) is 5.43 Å². The van der Waals surface area contributed by atoms with Crippen LogP contribution in [0.5, 0.6) is 5.75 Å². The number of rotatable bonds is 5. The van der Waals surface area contributed by atoms with Crippen molar-refractivity contribution < 1.29 is 14.3 Å². The maximum absolute atomic E-state index is 13.2. The second kappa shape index (κ2) is 8.05. The minimum atomic E-state index is -0.645. The first kappa shape index (κ1) is 18.7. The fourth-order valence-corrected chi connectivity index (χ4v) is 2.76. The molecule has 0 aliphatic carbocycles. The Morgan fingerprint density at radius 1 is 1.07 bits per heavy atom. The molecule has 3 rings (SSSR count). The Labute approximate surface area is 160 Å². The second-order valence-corrected chi connectivity index (χ2v) is 6.04. The Morgan fingerprint density at radius 2 is 1.70 bits per heavy atom. The summed E-state index contributed by atoms with van der Waals surface area (Å²) in [5.74, 6) is 0.0181. The molecule has 27 heavy (non-hydrogen) atoms. The summed E-state index contributed by atoms with van der Waals surface area (Å²) in [6.45, 7) is 1.87. The van der Waals surface area contributed by atoms with Crippen molar-refractivity contribution in [3.05, 3.63) is 69.5 Å². The Kier molecular flexibility index (Phi) is 5.57. The number of aromatic amines is 1. The fourth-order valence-electron chi connectivity index (χ4n) is 2.64. The fraction of sp³-hybridized carbons (Fsp3) is 0.150. The molecule has 1 heterocycles. The van der Waals surface area contributed by atoms with Crippen LogP contribution in [-0.4, -0.2) is 29.9 Å². The average molecular weight is 385 g/mol. The molecule has 0 atom stereocenters. The number of nitrogens with zero attached hydrogens (tertiary/aromatic N) is 1. The molecular weight excluding hydrogens is 368 g/mol. The van der Waals surface area contributed by atoms with Crippen LogP contribution in [0.2, 0.25) is 5.02 Å². The first-order valence-electron chi connectivity index (χ1n) is 8.25. The predicted octanol–water partition coefficient (Wildman–Crippen LogP) is 3.94. The molecule has 0 radical (unpaired) electrons. The summed E-state index contributed by atoms with van der Waals surface area (Å²) < 4.78 is 10.2. The van der Waals surface area contributed by atoms with E-state index in [1.807, 2.05) is 0 Å². The van der Waals surface area contributed by atoms with E-state index in [2.05, 4.69) is 10.2 Å². The van der Waals surface area contributed by atoms with Crippen LogP contribution in [0, 0.1) is 0 Å². The monoisotopic (exact) mass is 384 g/mol. The third-order valence-corrected chi connectivity index (χ3v) is 4.20. The van der Waals surface area contributed by atoms with Crippen LogP contribution in [0.1, 0.15) is 17.4 Å². The summed E-state index contributed by atoms with van der Waals surface area (Å²) in [4.78, 5) is 25.5. The standard InChI is InChI=1S/C20H17ClN2O4/c1-3-27-20(25)18-16(12-4-8-14(21)9-5-12)19(24)17(22-23-18)13-6-10-15(26-2)11-7-13/h4-11H,3H2,1-2H3,(H,23,24). The summed E-state index contributed by atoms with van der Waals surface area (Å²) in [5, 5.41) is 7.31. The summed E-state index contributed by atoms with van der Waals surface area (Å²) in [7, 11) is 1.56. The number of benzene rings is 2. The number of methoxy groups -OCH3 is 1. The summed E-state index contributed by atoms with van der Waals surface area (Å²) >= 11 is 5.94. The average Bonchev–Trinajstić information content (AvgIpc) is 2.69. The van der Waals surface area contributed by atoms with Crippen molar-refractivity contribution in [2.45, 2.75) is 6.92 Å². The zero-order valence-electron chi connectivity index (χ0n) is 14.8. The molecule has 1 aromatic heterocycles. The molecule has 0 unspecified atom stereocenters. The van der Waals surface area contributed by atoms with Crippen LogP contribution >= 0.6 is 11.6 Å². The van der Waals surface area contributed by atoms with E-state index < -0.39 is 5.97 Å². The van der Waals surface area contributed by atoms with Gasteiger partial charge in [-0.3, -0.25) is 9.89 Å². The molecule has 0 bridgehead atoms. The molecule has 0 amide bonds. The minimum absolute atomic E-state index is 0.00133. The number of esters is 1. The molecule has 0 spiro atoms. The van der Waals surface area contributed by atoms with Crippen molar-refractivity contribution in [1.82, 2.24) is 10.2 Å². The molecular formula is C20H17ClN2O4. The number of aromatic nitrogens is 2. The van der Waals surface area contributed by atoms with Gasteiger partial charge >= 0.3 is 5.97 Å². The number of carbonyl (C=O) groups is 1. The van der Waals surface area contributed by atoms with E-state index in [4.69, 9.17) is 21.1 Å². The van der Waals surface area contributed by atoms with E-state index in [-0.39, 0.29) is 29.0 Å². The smallest absolute Gasteiger partial charge is 0.357 e. The molecule has 0 fully saturated rings. The van der Waals surface area contributed by atoms with E-state index in [1.165, 1.54) is 0 Å². The maximum atomic E-state index is 13.2. The highest BCUT2D eigenvalue weighted by Crippen LogP contribution is 2.25. The lowest BCUT2D eigenvalue weighted by Crippen LogP contribution is -2.20. The topological polar surface area (TPSA) is 81.3 Å². The summed E-state index contributed by atoms with van der Waals surface area (Å²) in [5.41, 5.74) is 1.14. The predicted molar refractivity (Wildman–Crippen MR) is 103 cm³/mol. The van der Waals surface area contributed by atoms with Crippen LogP contribution in [0.3, 0.4) is 0 Å². The van der Waals surface area contributed by atoms with Crippen molar-refractivity contribution in [2.75, 3.05) is 13.7 Å². The SMILES string of the molecule is CCOC(=O)c1[nH]nc(-c2ccc(OC)cc2)c(=O)c1-c1ccc(Cl)cc1. The van der Waals surface area contributed by atoms with Gasteiger partial charge < -0.3 is 9.47 Å². The van der Waals surface area contributed by atoms with Crippen molar-refractivity contribution in [2.24, 2.45) is 0 Å². The van der Waals surface area contributed by atoms with Crippen LogP contribution < -0.4 is 10.2 Å². The van der Waals surface area contributed by atoms with Gasteiger partial charge in [0, 0.05) is 10.6 Å². The minimum Gasteiger partial charge on any atom is -0.497 e. The highest BCUT2D eigenvalue weighted by atomic mass is 35.5. The number of H-pyrrole nitrogens is 1. The van der Waals surface area contributed by atoms with E-state index in [9.17, 15) is 9.59 Å². The number of nitrogens with one attached hydrogen (secondary N) is 1. The van der Waals surface area contributed by atoms with Gasteiger partial charge in [0.15, 0.2) is 5.69 Å². The lowest BCUT2D eigenvalue weighted by molar-refractivity contribution is 0.0519. The largest absolute Gasteiger partial charge is 0.497 e. The first-order chi connectivity index (χ1) is 13.0. The van der Waals surface area contributed by atoms with Crippen molar-refractivity contribution in [3.63, 3.8) is 0 Å². The number of hydrogen-bond acceptors (Lipinski definition) is 5. The Balaban J connectivity index is 2.20. The molecule has 0 saturated carbocycles. The Morgan fingerprint density at radius 3 is 2.30 bits per heavy atom. The molecule has 3 aromatic rings. The van der Waals surface area contributed by atoms with Crippen LogP contribution in [0.25, 0.3) is 22.4 Å². The van der Waals surface area contributed by atoms with Gasteiger partial charge in [0.25, 0.3) is 0 Å². The molecule has 2 aromatic carbocycles. The molecule has 0 aliphatic heterocycles. The van der Waals surface area contributed by atoms with Crippen molar-refractivity contribution >= 4 is 17.6 Å². The van der Waals surface area contributed by atoms with E-state index >= 15 is 0 Å². The number of ether oxygens (including phenoxy) is 2. The molecule has 6 nitrogen and oxygen atoms in total. The van der Waals surface area contributed by atoms with Gasteiger partial charge in [-0.15, -0.1) is 0 Å². The second-order valence-electron chi connectivity index (χ2n) is 5.61. The van der Waals surface area contributed by atoms with E-state index in [0.717, 1.165) is 0 Å². The van der Waals surface area contributed by atoms with Gasteiger partial charge in [-0.2, -0.15) is 5.10 Å². The molecule has 0 saturated heterocycles.